The smallest absolute Gasteiger partial charge is 0.335 e. The van der Waals surface area contributed by atoms with Crippen molar-refractivity contribution in [3.8, 4) is 0 Å². The molecule has 19 heavy (non-hydrogen) atoms. The Labute approximate surface area is 112 Å². The number of aryl methyl sites for hydroxylation is 1. The zero-order chi connectivity index (χ0) is 13.7. The van der Waals surface area contributed by atoms with Crippen molar-refractivity contribution in [3.63, 3.8) is 0 Å². The minimum absolute atomic E-state index is 0.317. The van der Waals surface area contributed by atoms with Crippen LogP contribution < -0.4 is 5.32 Å². The third-order valence-electron chi connectivity index (χ3n) is 3.08. The van der Waals surface area contributed by atoms with E-state index in [9.17, 15) is 4.79 Å². The van der Waals surface area contributed by atoms with Gasteiger partial charge < -0.3 is 10.4 Å². The first-order valence-electron chi connectivity index (χ1n) is 6.34. The first kappa shape index (κ1) is 13.1. The molecule has 2 aromatic carbocycles. The van der Waals surface area contributed by atoms with Crippen molar-refractivity contribution in [2.24, 2.45) is 0 Å². The van der Waals surface area contributed by atoms with Crippen LogP contribution in [-0.4, -0.2) is 11.1 Å². The van der Waals surface area contributed by atoms with Gasteiger partial charge in [0.15, 0.2) is 0 Å². The van der Waals surface area contributed by atoms with Gasteiger partial charge in [-0.3, -0.25) is 0 Å². The Balaban J connectivity index is 2.04. The van der Waals surface area contributed by atoms with E-state index in [0.29, 0.717) is 12.1 Å². The van der Waals surface area contributed by atoms with E-state index < -0.39 is 5.97 Å². The fraction of sp³-hybridized carbons (Fsp3) is 0.188. The number of carboxylic acids is 1. The molecular weight excluding hydrogens is 238 g/mol. The molecule has 0 amide bonds. The molecule has 0 aliphatic carbocycles. The normalized spacial score (nSPS) is 10.2. The van der Waals surface area contributed by atoms with E-state index in [2.05, 4.69) is 24.4 Å². The van der Waals surface area contributed by atoms with Crippen LogP contribution in [0.3, 0.4) is 0 Å². The van der Waals surface area contributed by atoms with Gasteiger partial charge in [0.05, 0.1) is 5.56 Å². The molecule has 2 N–H and O–H groups in total. The highest BCUT2D eigenvalue weighted by molar-refractivity contribution is 5.87. The Morgan fingerprint density at radius 3 is 2.42 bits per heavy atom. The molecule has 98 valence electrons. The van der Waals surface area contributed by atoms with Crippen LogP contribution in [0.2, 0.25) is 0 Å². The number of carboxylic acid groups (broad SMARTS) is 1. The second-order valence-electron chi connectivity index (χ2n) is 4.37. The van der Waals surface area contributed by atoms with E-state index in [1.54, 1.807) is 12.1 Å². The maximum Gasteiger partial charge on any atom is 0.335 e. The number of aromatic carboxylic acids is 1. The Kier molecular flexibility index (Phi) is 4.18. The summed E-state index contributed by atoms with van der Waals surface area (Å²) in [6, 6.07) is 15.1. The molecule has 0 bridgehead atoms. The third-order valence-corrected chi connectivity index (χ3v) is 3.08. The molecule has 0 atom stereocenters. The summed E-state index contributed by atoms with van der Waals surface area (Å²) in [5.41, 5.74) is 3.80. The third kappa shape index (κ3) is 3.35. The van der Waals surface area contributed by atoms with Crippen molar-refractivity contribution in [3.05, 3.63) is 65.2 Å². The van der Waals surface area contributed by atoms with E-state index in [4.69, 9.17) is 5.11 Å². The van der Waals surface area contributed by atoms with Crippen LogP contribution in [0.15, 0.2) is 48.5 Å². The zero-order valence-corrected chi connectivity index (χ0v) is 10.9. The minimum atomic E-state index is -0.893. The van der Waals surface area contributed by atoms with Crippen LogP contribution >= 0.6 is 0 Å². The molecule has 0 aromatic heterocycles. The van der Waals surface area contributed by atoms with Crippen LogP contribution in [0.4, 0.5) is 5.69 Å². The summed E-state index contributed by atoms with van der Waals surface area (Å²) < 4.78 is 0. The van der Waals surface area contributed by atoms with Gasteiger partial charge in [-0.1, -0.05) is 37.3 Å². The molecule has 2 rings (SSSR count). The van der Waals surface area contributed by atoms with Gasteiger partial charge in [-0.15, -0.1) is 0 Å². The zero-order valence-electron chi connectivity index (χ0n) is 10.9. The standard InChI is InChI=1S/C16H17NO2/c1-2-13-5-3-4-6-15(13)17-11-12-7-9-14(10-8-12)16(18)19/h3-10,17H,2,11H2,1H3,(H,18,19). The Morgan fingerprint density at radius 1 is 1.11 bits per heavy atom. The summed E-state index contributed by atoms with van der Waals surface area (Å²) in [7, 11) is 0. The van der Waals surface area contributed by atoms with Gasteiger partial charge in [-0.2, -0.15) is 0 Å². The quantitative estimate of drug-likeness (QED) is 0.858. The molecular formula is C16H17NO2. The van der Waals surface area contributed by atoms with Crippen molar-refractivity contribution >= 4 is 11.7 Å². The van der Waals surface area contributed by atoms with E-state index in [1.807, 2.05) is 24.3 Å². The summed E-state index contributed by atoms with van der Waals surface area (Å²) in [6.07, 6.45) is 0.987. The summed E-state index contributed by atoms with van der Waals surface area (Å²) >= 11 is 0. The number of para-hydroxylation sites is 1. The first-order valence-corrected chi connectivity index (χ1v) is 6.34. The van der Waals surface area contributed by atoms with Crippen LogP contribution in [0.1, 0.15) is 28.4 Å². The Hall–Kier alpha value is -2.29. The molecule has 0 unspecified atom stereocenters. The Morgan fingerprint density at radius 2 is 1.79 bits per heavy atom. The fourth-order valence-electron chi connectivity index (χ4n) is 1.96. The first-order chi connectivity index (χ1) is 9.20. The van der Waals surface area contributed by atoms with Gasteiger partial charge in [0, 0.05) is 12.2 Å². The minimum Gasteiger partial charge on any atom is -0.478 e. The van der Waals surface area contributed by atoms with Gasteiger partial charge in [0.2, 0.25) is 0 Å². The van der Waals surface area contributed by atoms with Crippen molar-refractivity contribution in [1.82, 2.24) is 0 Å². The number of benzene rings is 2. The maximum atomic E-state index is 10.8. The van der Waals surface area contributed by atoms with Crippen LogP contribution in [-0.2, 0) is 13.0 Å². The molecule has 0 spiro atoms. The molecule has 3 nitrogen and oxygen atoms in total. The SMILES string of the molecule is CCc1ccccc1NCc1ccc(C(=O)O)cc1. The summed E-state index contributed by atoms with van der Waals surface area (Å²) in [5.74, 6) is -0.893. The van der Waals surface area contributed by atoms with Crippen molar-refractivity contribution in [1.29, 1.82) is 0 Å². The number of hydrogen-bond acceptors (Lipinski definition) is 2. The van der Waals surface area contributed by atoms with E-state index in [0.717, 1.165) is 17.7 Å². The van der Waals surface area contributed by atoms with Crippen molar-refractivity contribution < 1.29 is 9.90 Å². The fourth-order valence-corrected chi connectivity index (χ4v) is 1.96. The summed E-state index contributed by atoms with van der Waals surface area (Å²) in [4.78, 5) is 10.8. The number of nitrogens with one attached hydrogen (secondary N) is 1. The van der Waals surface area contributed by atoms with Gasteiger partial charge in [-0.25, -0.2) is 4.79 Å². The molecule has 0 saturated heterocycles. The van der Waals surface area contributed by atoms with Crippen molar-refractivity contribution in [2.75, 3.05) is 5.32 Å². The summed E-state index contributed by atoms with van der Waals surface area (Å²) in [5, 5.41) is 12.2. The maximum absolute atomic E-state index is 10.8. The second-order valence-corrected chi connectivity index (χ2v) is 4.37. The number of carbonyl (C=O) groups is 1. The lowest BCUT2D eigenvalue weighted by Crippen LogP contribution is -2.03. The predicted molar refractivity (Wildman–Crippen MR) is 76.5 cm³/mol. The van der Waals surface area contributed by atoms with Gasteiger partial charge >= 0.3 is 5.97 Å². The highest BCUT2D eigenvalue weighted by Crippen LogP contribution is 2.16. The number of hydrogen-bond donors (Lipinski definition) is 2. The monoisotopic (exact) mass is 255 g/mol. The number of rotatable bonds is 5. The predicted octanol–water partition coefficient (Wildman–Crippen LogP) is 3.56. The largest absolute Gasteiger partial charge is 0.478 e. The highest BCUT2D eigenvalue weighted by atomic mass is 16.4. The molecule has 0 saturated carbocycles. The average molecular weight is 255 g/mol. The van der Waals surface area contributed by atoms with E-state index >= 15 is 0 Å². The lowest BCUT2D eigenvalue weighted by molar-refractivity contribution is 0.0697. The second kappa shape index (κ2) is 6.05. The lowest BCUT2D eigenvalue weighted by atomic mass is 10.1. The molecule has 2 aromatic rings. The van der Waals surface area contributed by atoms with Gasteiger partial charge in [0.25, 0.3) is 0 Å². The summed E-state index contributed by atoms with van der Waals surface area (Å²) in [6.45, 7) is 2.82. The van der Waals surface area contributed by atoms with Crippen LogP contribution in [0.5, 0.6) is 0 Å². The lowest BCUT2D eigenvalue weighted by Gasteiger charge is -2.10. The molecule has 0 fully saturated rings. The number of anilines is 1. The van der Waals surface area contributed by atoms with Crippen molar-refractivity contribution in [2.45, 2.75) is 19.9 Å². The molecule has 0 radical (unpaired) electrons. The Bertz CT molecular complexity index is 561. The highest BCUT2D eigenvalue weighted by Gasteiger charge is 2.02. The van der Waals surface area contributed by atoms with Crippen LogP contribution in [0, 0.1) is 0 Å². The topological polar surface area (TPSA) is 49.3 Å². The molecule has 0 heterocycles. The molecule has 3 heteroatoms. The molecule has 0 aliphatic rings. The molecule has 0 aliphatic heterocycles. The van der Waals surface area contributed by atoms with Crippen LogP contribution in [0.25, 0.3) is 0 Å². The van der Waals surface area contributed by atoms with Gasteiger partial charge in [0.1, 0.15) is 0 Å². The van der Waals surface area contributed by atoms with E-state index in [1.165, 1.54) is 5.56 Å². The average Bonchev–Trinajstić information content (AvgIpc) is 2.45. The van der Waals surface area contributed by atoms with E-state index in [-0.39, 0.29) is 0 Å². The van der Waals surface area contributed by atoms with Gasteiger partial charge in [-0.05, 0) is 35.7 Å².